The maximum absolute atomic E-state index is 12.1. The van der Waals surface area contributed by atoms with Gasteiger partial charge in [0.15, 0.2) is 5.82 Å². The molecule has 0 saturated heterocycles. The van der Waals surface area contributed by atoms with E-state index in [0.29, 0.717) is 18.9 Å². The fraction of sp³-hybridized carbons (Fsp3) is 0.400. The number of nitrogens with zero attached hydrogens (tertiary/aromatic N) is 5. The van der Waals surface area contributed by atoms with E-state index in [1.807, 2.05) is 29.8 Å². The number of hydrogen-bond acceptors (Lipinski definition) is 4. The van der Waals surface area contributed by atoms with Crippen LogP contribution in [0.4, 0.5) is 0 Å². The molecule has 0 aliphatic rings. The zero-order valence-electron chi connectivity index (χ0n) is 15.6. The van der Waals surface area contributed by atoms with Gasteiger partial charge < -0.3 is 4.57 Å². The summed E-state index contributed by atoms with van der Waals surface area (Å²) in [5.41, 5.74) is 1.85. The highest BCUT2D eigenvalue weighted by atomic mass is 16.1. The lowest BCUT2D eigenvalue weighted by Gasteiger charge is -2.09. The molecule has 0 spiro atoms. The normalized spacial score (nSPS) is 12.3. The molecule has 6 heteroatoms. The summed E-state index contributed by atoms with van der Waals surface area (Å²) in [5, 5.41) is 4.70. The van der Waals surface area contributed by atoms with Gasteiger partial charge in [-0.05, 0) is 31.0 Å². The molecule has 0 bridgehead atoms. The Hall–Kier alpha value is -2.76. The SMILES string of the molecule is CCC(C)Cc1nc(CCn2c(C)cccc2=O)n(-c2cccnc2)n1. The third-order valence-electron chi connectivity index (χ3n) is 4.66. The molecule has 0 fully saturated rings. The van der Waals surface area contributed by atoms with Crippen molar-refractivity contribution < 1.29 is 0 Å². The predicted octanol–water partition coefficient (Wildman–Crippen LogP) is 2.96. The molecule has 1 atom stereocenters. The largest absolute Gasteiger partial charge is 0.312 e. The Morgan fingerprint density at radius 2 is 2.04 bits per heavy atom. The summed E-state index contributed by atoms with van der Waals surface area (Å²) >= 11 is 0. The summed E-state index contributed by atoms with van der Waals surface area (Å²) < 4.78 is 3.63. The van der Waals surface area contributed by atoms with Crippen LogP contribution in [0.15, 0.2) is 47.5 Å². The van der Waals surface area contributed by atoms with E-state index in [0.717, 1.165) is 35.9 Å². The van der Waals surface area contributed by atoms with Gasteiger partial charge in [0.2, 0.25) is 0 Å². The Labute approximate surface area is 153 Å². The molecule has 6 nitrogen and oxygen atoms in total. The minimum Gasteiger partial charge on any atom is -0.312 e. The molecule has 136 valence electrons. The van der Waals surface area contributed by atoms with Crippen LogP contribution in [-0.2, 0) is 19.4 Å². The summed E-state index contributed by atoms with van der Waals surface area (Å²) in [6.45, 7) is 6.90. The predicted molar refractivity (Wildman–Crippen MR) is 101 cm³/mol. The van der Waals surface area contributed by atoms with Crippen LogP contribution < -0.4 is 5.56 Å². The van der Waals surface area contributed by atoms with Crippen molar-refractivity contribution in [2.75, 3.05) is 0 Å². The van der Waals surface area contributed by atoms with Gasteiger partial charge in [0, 0.05) is 37.3 Å². The van der Waals surface area contributed by atoms with Gasteiger partial charge in [0.1, 0.15) is 5.82 Å². The van der Waals surface area contributed by atoms with Crippen molar-refractivity contribution in [3.05, 3.63) is 70.4 Å². The maximum Gasteiger partial charge on any atom is 0.250 e. The molecule has 0 aromatic carbocycles. The van der Waals surface area contributed by atoms with E-state index in [4.69, 9.17) is 10.1 Å². The molecule has 1 unspecified atom stereocenters. The fourth-order valence-corrected chi connectivity index (χ4v) is 2.90. The van der Waals surface area contributed by atoms with E-state index in [-0.39, 0.29) is 5.56 Å². The van der Waals surface area contributed by atoms with Crippen molar-refractivity contribution in [2.24, 2.45) is 5.92 Å². The fourth-order valence-electron chi connectivity index (χ4n) is 2.90. The van der Waals surface area contributed by atoms with E-state index in [1.165, 1.54) is 0 Å². The Kier molecular flexibility index (Phi) is 5.61. The highest BCUT2D eigenvalue weighted by Crippen LogP contribution is 2.14. The topological polar surface area (TPSA) is 65.6 Å². The Morgan fingerprint density at radius 3 is 2.73 bits per heavy atom. The average Bonchev–Trinajstić information content (AvgIpc) is 3.04. The zero-order chi connectivity index (χ0) is 18.5. The van der Waals surface area contributed by atoms with Gasteiger partial charge in [-0.25, -0.2) is 9.67 Å². The van der Waals surface area contributed by atoms with Crippen LogP contribution in [0.3, 0.4) is 0 Å². The summed E-state index contributed by atoms with van der Waals surface area (Å²) in [6, 6.07) is 9.18. The lowest BCUT2D eigenvalue weighted by Crippen LogP contribution is -2.22. The number of aromatic nitrogens is 5. The van der Waals surface area contributed by atoms with Gasteiger partial charge in [0.25, 0.3) is 5.56 Å². The van der Waals surface area contributed by atoms with Crippen molar-refractivity contribution in [1.29, 1.82) is 0 Å². The molecular weight excluding hydrogens is 326 g/mol. The quantitative estimate of drug-likeness (QED) is 0.656. The Morgan fingerprint density at radius 1 is 1.19 bits per heavy atom. The van der Waals surface area contributed by atoms with Crippen LogP contribution in [-0.4, -0.2) is 24.3 Å². The van der Waals surface area contributed by atoms with Crippen LogP contribution in [0, 0.1) is 12.8 Å². The Bertz CT molecular complexity index is 913. The number of hydrogen-bond donors (Lipinski definition) is 0. The van der Waals surface area contributed by atoms with Gasteiger partial charge in [0.05, 0.1) is 11.9 Å². The smallest absolute Gasteiger partial charge is 0.250 e. The first kappa shape index (κ1) is 18.0. The molecule has 3 heterocycles. The van der Waals surface area contributed by atoms with E-state index < -0.39 is 0 Å². The molecule has 0 N–H and O–H groups in total. The summed E-state index contributed by atoms with van der Waals surface area (Å²) in [4.78, 5) is 21.1. The van der Waals surface area contributed by atoms with E-state index >= 15 is 0 Å². The third kappa shape index (κ3) is 4.07. The number of rotatable bonds is 7. The third-order valence-corrected chi connectivity index (χ3v) is 4.66. The van der Waals surface area contributed by atoms with Crippen molar-refractivity contribution in [3.63, 3.8) is 0 Å². The molecule has 3 aromatic rings. The number of aryl methyl sites for hydroxylation is 2. The monoisotopic (exact) mass is 351 g/mol. The number of pyridine rings is 2. The van der Waals surface area contributed by atoms with E-state index in [1.54, 1.807) is 29.1 Å². The molecule has 0 aliphatic heterocycles. The molecular formula is C20H25N5O. The molecule has 0 saturated carbocycles. The second-order valence-electron chi connectivity index (χ2n) is 6.69. The lowest BCUT2D eigenvalue weighted by molar-refractivity contribution is 0.542. The highest BCUT2D eigenvalue weighted by Gasteiger charge is 2.14. The summed E-state index contributed by atoms with van der Waals surface area (Å²) in [7, 11) is 0. The molecule has 26 heavy (non-hydrogen) atoms. The average molecular weight is 351 g/mol. The highest BCUT2D eigenvalue weighted by molar-refractivity contribution is 5.27. The minimum absolute atomic E-state index is 0.0114. The van der Waals surface area contributed by atoms with Crippen molar-refractivity contribution in [1.82, 2.24) is 24.3 Å². The molecule has 3 rings (SSSR count). The van der Waals surface area contributed by atoms with Crippen molar-refractivity contribution in [2.45, 2.75) is 46.6 Å². The van der Waals surface area contributed by atoms with Crippen LogP contribution in [0.2, 0.25) is 0 Å². The van der Waals surface area contributed by atoms with Crippen molar-refractivity contribution >= 4 is 0 Å². The van der Waals surface area contributed by atoms with Crippen LogP contribution in [0.1, 0.15) is 37.6 Å². The molecule has 3 aromatic heterocycles. The maximum atomic E-state index is 12.1. The van der Waals surface area contributed by atoms with E-state index in [9.17, 15) is 4.79 Å². The van der Waals surface area contributed by atoms with Gasteiger partial charge in [-0.1, -0.05) is 26.3 Å². The first-order valence-corrected chi connectivity index (χ1v) is 9.10. The second-order valence-corrected chi connectivity index (χ2v) is 6.69. The first-order chi connectivity index (χ1) is 12.6. The van der Waals surface area contributed by atoms with Gasteiger partial charge in [-0.2, -0.15) is 5.10 Å². The lowest BCUT2D eigenvalue weighted by atomic mass is 10.1. The van der Waals surface area contributed by atoms with Gasteiger partial charge in [-0.3, -0.25) is 9.78 Å². The van der Waals surface area contributed by atoms with Crippen LogP contribution >= 0.6 is 0 Å². The van der Waals surface area contributed by atoms with Crippen LogP contribution in [0.25, 0.3) is 5.69 Å². The zero-order valence-corrected chi connectivity index (χ0v) is 15.6. The molecule has 0 amide bonds. The second kappa shape index (κ2) is 8.08. The van der Waals surface area contributed by atoms with Crippen LogP contribution in [0.5, 0.6) is 0 Å². The Balaban J connectivity index is 1.90. The standard InChI is InChI=1S/C20H25N5O/c1-4-15(2)13-18-22-19(25(23-18)17-8-6-11-21-14-17)10-12-24-16(3)7-5-9-20(24)26/h5-9,11,14-15H,4,10,12-13H2,1-3H3. The van der Waals surface area contributed by atoms with Crippen molar-refractivity contribution in [3.8, 4) is 5.69 Å². The van der Waals surface area contributed by atoms with E-state index in [2.05, 4.69) is 18.8 Å². The first-order valence-electron chi connectivity index (χ1n) is 9.10. The molecule has 0 radical (unpaired) electrons. The summed E-state index contributed by atoms with van der Waals surface area (Å²) in [5.74, 6) is 2.23. The van der Waals surface area contributed by atoms with Gasteiger partial charge in [-0.15, -0.1) is 0 Å². The van der Waals surface area contributed by atoms with Gasteiger partial charge >= 0.3 is 0 Å². The minimum atomic E-state index is 0.0114. The molecule has 0 aliphatic carbocycles. The summed E-state index contributed by atoms with van der Waals surface area (Å²) in [6.07, 6.45) is 6.10.